The van der Waals surface area contributed by atoms with Gasteiger partial charge in [0.15, 0.2) is 0 Å². The third-order valence-corrected chi connectivity index (χ3v) is 5.48. The molecule has 1 saturated carbocycles. The van der Waals surface area contributed by atoms with E-state index >= 15 is 0 Å². The second-order valence-electron chi connectivity index (χ2n) is 5.32. The quantitative estimate of drug-likeness (QED) is 0.674. The lowest BCUT2D eigenvalue weighted by Gasteiger charge is -2.23. The van der Waals surface area contributed by atoms with E-state index in [4.69, 9.17) is 0 Å². The monoisotopic (exact) mass is 374 g/mol. The number of aryl methyl sites for hydroxylation is 1. The Hall–Kier alpha value is 0.140. The molecular formula is C15H20Br2O. The first-order valence-electron chi connectivity index (χ1n) is 6.73. The van der Waals surface area contributed by atoms with Crippen LogP contribution in [-0.4, -0.2) is 5.11 Å². The van der Waals surface area contributed by atoms with Gasteiger partial charge in [0, 0.05) is 8.95 Å². The minimum absolute atomic E-state index is 0.339. The van der Waals surface area contributed by atoms with Gasteiger partial charge in [-0.2, -0.15) is 0 Å². The summed E-state index contributed by atoms with van der Waals surface area (Å²) >= 11 is 7.14. The summed E-state index contributed by atoms with van der Waals surface area (Å²) in [6, 6.07) is 4.15. The average molecular weight is 376 g/mol. The van der Waals surface area contributed by atoms with E-state index in [1.165, 1.54) is 31.2 Å². The van der Waals surface area contributed by atoms with E-state index in [1.54, 1.807) is 0 Å². The van der Waals surface area contributed by atoms with E-state index in [0.29, 0.717) is 5.92 Å². The van der Waals surface area contributed by atoms with Crippen LogP contribution in [0.5, 0.6) is 0 Å². The van der Waals surface area contributed by atoms with Gasteiger partial charge in [-0.25, -0.2) is 0 Å². The lowest BCUT2D eigenvalue weighted by Crippen LogP contribution is -2.12. The van der Waals surface area contributed by atoms with Gasteiger partial charge >= 0.3 is 0 Å². The van der Waals surface area contributed by atoms with Gasteiger partial charge in [0.2, 0.25) is 0 Å². The van der Waals surface area contributed by atoms with Gasteiger partial charge in [-0.3, -0.25) is 0 Å². The maximum atomic E-state index is 10.6. The van der Waals surface area contributed by atoms with E-state index in [0.717, 1.165) is 27.4 Å². The first kappa shape index (κ1) is 14.5. The van der Waals surface area contributed by atoms with Crippen LogP contribution >= 0.6 is 31.9 Å². The van der Waals surface area contributed by atoms with Crippen molar-refractivity contribution in [2.24, 2.45) is 5.92 Å². The van der Waals surface area contributed by atoms with Gasteiger partial charge in [0.1, 0.15) is 0 Å². The van der Waals surface area contributed by atoms with E-state index < -0.39 is 0 Å². The van der Waals surface area contributed by atoms with Gasteiger partial charge in [0.25, 0.3) is 0 Å². The van der Waals surface area contributed by atoms with Gasteiger partial charge in [-0.15, -0.1) is 0 Å². The van der Waals surface area contributed by atoms with Crippen LogP contribution in [0.4, 0.5) is 0 Å². The Labute approximate surface area is 126 Å². The third kappa shape index (κ3) is 3.37. The van der Waals surface area contributed by atoms with Gasteiger partial charge in [-0.05, 0) is 48.9 Å². The van der Waals surface area contributed by atoms with Crippen molar-refractivity contribution in [2.45, 2.75) is 51.6 Å². The Kier molecular flexibility index (Phi) is 5.28. The molecule has 3 heteroatoms. The number of rotatable bonds is 2. The SMILES string of the molecule is Cc1cc(Br)c(C(O)C2CCCCCC2)cc1Br. The van der Waals surface area contributed by atoms with Crippen molar-refractivity contribution < 1.29 is 5.11 Å². The fourth-order valence-electron chi connectivity index (χ4n) is 2.77. The molecule has 0 amide bonds. The van der Waals surface area contributed by atoms with Crippen molar-refractivity contribution in [3.63, 3.8) is 0 Å². The summed E-state index contributed by atoms with van der Waals surface area (Å²) in [5.74, 6) is 0.415. The number of benzene rings is 1. The highest BCUT2D eigenvalue weighted by Gasteiger charge is 2.24. The normalized spacial score (nSPS) is 19.6. The number of halogens is 2. The molecule has 0 saturated heterocycles. The van der Waals surface area contributed by atoms with Gasteiger partial charge in [-0.1, -0.05) is 57.5 Å². The van der Waals surface area contributed by atoms with Crippen LogP contribution in [0.25, 0.3) is 0 Å². The van der Waals surface area contributed by atoms with Crippen molar-refractivity contribution in [3.05, 3.63) is 32.2 Å². The zero-order valence-corrected chi connectivity index (χ0v) is 13.9. The minimum atomic E-state index is -0.339. The second kappa shape index (κ2) is 6.53. The molecule has 1 N–H and O–H groups in total. The van der Waals surface area contributed by atoms with E-state index in [-0.39, 0.29) is 6.10 Å². The van der Waals surface area contributed by atoms with Crippen molar-refractivity contribution >= 4 is 31.9 Å². The molecule has 0 aromatic heterocycles. The molecule has 1 unspecified atom stereocenters. The maximum absolute atomic E-state index is 10.6. The second-order valence-corrected chi connectivity index (χ2v) is 7.03. The van der Waals surface area contributed by atoms with Crippen molar-refractivity contribution in [1.29, 1.82) is 0 Å². The van der Waals surface area contributed by atoms with Crippen molar-refractivity contribution in [1.82, 2.24) is 0 Å². The largest absolute Gasteiger partial charge is 0.388 e. The van der Waals surface area contributed by atoms with E-state index in [2.05, 4.69) is 50.9 Å². The molecule has 0 aliphatic heterocycles. The summed E-state index contributed by atoms with van der Waals surface area (Å²) in [4.78, 5) is 0. The van der Waals surface area contributed by atoms with Gasteiger partial charge < -0.3 is 5.11 Å². The predicted molar refractivity (Wildman–Crippen MR) is 82.7 cm³/mol. The van der Waals surface area contributed by atoms with Crippen LogP contribution in [0.3, 0.4) is 0 Å². The fraction of sp³-hybridized carbons (Fsp3) is 0.600. The molecule has 0 spiro atoms. The minimum Gasteiger partial charge on any atom is -0.388 e. The molecule has 18 heavy (non-hydrogen) atoms. The number of aliphatic hydroxyl groups excluding tert-OH is 1. The Bertz CT molecular complexity index is 409. The van der Waals surface area contributed by atoms with Crippen molar-refractivity contribution in [2.75, 3.05) is 0 Å². The predicted octanol–water partition coefficient (Wildman–Crippen LogP) is 5.52. The first-order valence-corrected chi connectivity index (χ1v) is 8.32. The molecule has 2 rings (SSSR count). The summed E-state index contributed by atoms with van der Waals surface area (Å²) in [7, 11) is 0. The number of aliphatic hydroxyl groups is 1. The van der Waals surface area contributed by atoms with Crippen LogP contribution in [0.15, 0.2) is 21.1 Å². The molecule has 1 aliphatic rings. The van der Waals surface area contributed by atoms with Crippen LogP contribution in [-0.2, 0) is 0 Å². The van der Waals surface area contributed by atoms with E-state index in [9.17, 15) is 5.11 Å². The molecule has 0 heterocycles. The molecule has 1 aromatic rings. The third-order valence-electron chi connectivity index (χ3n) is 3.94. The fourth-order valence-corrected chi connectivity index (χ4v) is 3.82. The van der Waals surface area contributed by atoms with Crippen LogP contribution in [0, 0.1) is 12.8 Å². The molecular weight excluding hydrogens is 356 g/mol. The first-order chi connectivity index (χ1) is 8.59. The Morgan fingerprint density at radius 3 is 2.28 bits per heavy atom. The van der Waals surface area contributed by atoms with Crippen LogP contribution in [0.1, 0.15) is 55.8 Å². The summed E-state index contributed by atoms with van der Waals surface area (Å²) in [5, 5.41) is 10.6. The Morgan fingerprint density at radius 2 is 1.67 bits per heavy atom. The highest BCUT2D eigenvalue weighted by Crippen LogP contribution is 2.38. The lowest BCUT2D eigenvalue weighted by atomic mass is 9.89. The van der Waals surface area contributed by atoms with Crippen LogP contribution in [0.2, 0.25) is 0 Å². The summed E-state index contributed by atoms with van der Waals surface area (Å²) in [5.41, 5.74) is 2.22. The topological polar surface area (TPSA) is 20.2 Å². The molecule has 1 aliphatic carbocycles. The number of hydrogen-bond acceptors (Lipinski definition) is 1. The molecule has 1 aromatic carbocycles. The maximum Gasteiger partial charge on any atom is 0.0829 e. The zero-order chi connectivity index (χ0) is 13.1. The average Bonchev–Trinajstić information content (AvgIpc) is 2.61. The summed E-state index contributed by atoms with van der Waals surface area (Å²) < 4.78 is 2.10. The zero-order valence-electron chi connectivity index (χ0n) is 10.8. The highest BCUT2D eigenvalue weighted by molar-refractivity contribution is 9.11. The molecule has 1 atom stereocenters. The molecule has 0 bridgehead atoms. The van der Waals surface area contributed by atoms with E-state index in [1.807, 2.05) is 0 Å². The molecule has 1 nitrogen and oxygen atoms in total. The Balaban J connectivity index is 2.21. The molecule has 1 fully saturated rings. The molecule has 0 radical (unpaired) electrons. The van der Waals surface area contributed by atoms with Crippen LogP contribution < -0.4 is 0 Å². The van der Waals surface area contributed by atoms with Gasteiger partial charge in [0.05, 0.1) is 6.10 Å². The number of hydrogen-bond donors (Lipinski definition) is 1. The summed E-state index contributed by atoms with van der Waals surface area (Å²) in [6.45, 7) is 2.07. The van der Waals surface area contributed by atoms with Crippen molar-refractivity contribution in [3.8, 4) is 0 Å². The lowest BCUT2D eigenvalue weighted by molar-refractivity contribution is 0.0981. The summed E-state index contributed by atoms with van der Waals surface area (Å²) in [6.07, 6.45) is 7.12. The highest BCUT2D eigenvalue weighted by atomic mass is 79.9. The smallest absolute Gasteiger partial charge is 0.0829 e. The standard InChI is InChI=1S/C15H20Br2O/c1-10-8-14(17)12(9-13(10)16)15(18)11-6-4-2-3-5-7-11/h8-9,11,15,18H,2-7H2,1H3. The Morgan fingerprint density at radius 1 is 1.06 bits per heavy atom. The molecule has 100 valence electrons.